The molecule has 0 N–H and O–H groups in total. The van der Waals surface area contributed by atoms with Crippen molar-refractivity contribution in [3.8, 4) is 0 Å². The van der Waals surface area contributed by atoms with Crippen LogP contribution >= 0.6 is 0 Å². The molecule has 2 bridgehead atoms. The lowest BCUT2D eigenvalue weighted by atomic mass is 9.57. The van der Waals surface area contributed by atoms with Gasteiger partial charge in [0.15, 0.2) is 5.78 Å². The molecule has 130 valence electrons. The topological polar surface area (TPSA) is 60.2 Å². The maximum Gasteiger partial charge on any atom is 0.269 e. The largest absolute Gasteiger partial charge is 0.293 e. The quantitative estimate of drug-likeness (QED) is 0.450. The number of benzene rings is 2. The number of hydrogen-bond donors (Lipinski definition) is 0. The fourth-order valence-corrected chi connectivity index (χ4v) is 5.63. The first kappa shape index (κ1) is 15.5. The summed E-state index contributed by atoms with van der Waals surface area (Å²) < 4.78 is 0. The summed E-state index contributed by atoms with van der Waals surface area (Å²) in [5.74, 6) is 0.989. The van der Waals surface area contributed by atoms with Crippen molar-refractivity contribution in [2.45, 2.75) is 25.2 Å². The summed E-state index contributed by atoms with van der Waals surface area (Å²) >= 11 is 0. The Bertz CT molecular complexity index is 946. The lowest BCUT2D eigenvalue weighted by Crippen LogP contribution is -2.44. The summed E-state index contributed by atoms with van der Waals surface area (Å²) in [7, 11) is 0. The highest BCUT2D eigenvalue weighted by molar-refractivity contribution is 6.04. The van der Waals surface area contributed by atoms with E-state index in [1.807, 2.05) is 30.3 Å². The molecule has 3 aliphatic rings. The van der Waals surface area contributed by atoms with Gasteiger partial charge in [-0.1, -0.05) is 48.6 Å². The van der Waals surface area contributed by atoms with Crippen LogP contribution in [0.3, 0.4) is 0 Å². The van der Waals surface area contributed by atoms with Gasteiger partial charge in [0.2, 0.25) is 0 Å². The van der Waals surface area contributed by atoms with Gasteiger partial charge in [0, 0.05) is 29.0 Å². The van der Waals surface area contributed by atoms with E-state index >= 15 is 0 Å². The van der Waals surface area contributed by atoms with E-state index in [1.54, 1.807) is 12.1 Å². The number of carbonyl (C=O) groups is 1. The molecule has 3 aliphatic carbocycles. The number of Topliss-reactive ketones (excluding diaryl/α,β-unsaturated/α-hetero) is 1. The number of nitro benzene ring substituents is 1. The van der Waals surface area contributed by atoms with Crippen LogP contribution in [0.5, 0.6) is 0 Å². The Morgan fingerprint density at radius 1 is 1.04 bits per heavy atom. The summed E-state index contributed by atoms with van der Waals surface area (Å²) in [4.78, 5) is 24.3. The van der Waals surface area contributed by atoms with Gasteiger partial charge in [-0.3, -0.25) is 14.9 Å². The molecule has 1 fully saturated rings. The Labute approximate surface area is 151 Å². The van der Waals surface area contributed by atoms with Crippen LogP contribution in [0.15, 0.2) is 60.7 Å². The van der Waals surface area contributed by atoms with E-state index < -0.39 is 5.41 Å². The SMILES string of the molecule is O=C1c2ccccc2CC[C@@]12[C@@H]1C=C[C@@H](C1)[C@@H]2c1ccc([N+](=O)[O-])cc1. The van der Waals surface area contributed by atoms with Crippen LogP contribution in [-0.4, -0.2) is 10.7 Å². The first-order valence-electron chi connectivity index (χ1n) is 9.16. The summed E-state index contributed by atoms with van der Waals surface area (Å²) in [6.45, 7) is 0. The molecule has 4 atom stereocenters. The summed E-state index contributed by atoms with van der Waals surface area (Å²) in [5.41, 5.74) is 2.77. The first-order valence-corrected chi connectivity index (χ1v) is 9.16. The number of aryl methyl sites for hydroxylation is 1. The van der Waals surface area contributed by atoms with Gasteiger partial charge in [0.05, 0.1) is 4.92 Å². The molecule has 0 aliphatic heterocycles. The highest BCUT2D eigenvalue weighted by Gasteiger charge is 2.61. The predicted molar refractivity (Wildman–Crippen MR) is 98.1 cm³/mol. The second-order valence-electron chi connectivity index (χ2n) is 7.74. The highest BCUT2D eigenvalue weighted by atomic mass is 16.6. The summed E-state index contributed by atoms with van der Waals surface area (Å²) in [6.07, 6.45) is 7.27. The molecule has 0 aromatic heterocycles. The van der Waals surface area contributed by atoms with Crippen molar-refractivity contribution in [1.29, 1.82) is 0 Å². The van der Waals surface area contributed by atoms with Crippen molar-refractivity contribution >= 4 is 11.5 Å². The van der Waals surface area contributed by atoms with Crippen LogP contribution in [0.1, 0.15) is 40.2 Å². The average Bonchev–Trinajstić information content (AvgIpc) is 3.26. The van der Waals surface area contributed by atoms with Gasteiger partial charge in [-0.15, -0.1) is 0 Å². The van der Waals surface area contributed by atoms with Gasteiger partial charge in [0.25, 0.3) is 5.69 Å². The number of hydrogen-bond acceptors (Lipinski definition) is 3. The number of nitro groups is 1. The van der Waals surface area contributed by atoms with Crippen LogP contribution in [0.25, 0.3) is 0 Å². The maximum atomic E-state index is 13.6. The van der Waals surface area contributed by atoms with Gasteiger partial charge in [-0.2, -0.15) is 0 Å². The first-order chi connectivity index (χ1) is 12.6. The molecule has 0 saturated heterocycles. The molecule has 2 aromatic rings. The van der Waals surface area contributed by atoms with Crippen molar-refractivity contribution in [2.75, 3.05) is 0 Å². The molecule has 5 rings (SSSR count). The minimum absolute atomic E-state index is 0.0989. The fourth-order valence-electron chi connectivity index (χ4n) is 5.63. The molecule has 0 amide bonds. The zero-order chi connectivity index (χ0) is 17.9. The second-order valence-corrected chi connectivity index (χ2v) is 7.74. The third-order valence-electron chi connectivity index (χ3n) is 6.72. The molecule has 0 unspecified atom stereocenters. The van der Waals surface area contributed by atoms with Crippen molar-refractivity contribution < 1.29 is 9.72 Å². The van der Waals surface area contributed by atoms with Crippen LogP contribution < -0.4 is 0 Å². The molecule has 1 saturated carbocycles. The Hall–Kier alpha value is -2.75. The average molecular weight is 345 g/mol. The molecule has 0 heterocycles. The fraction of sp³-hybridized carbons (Fsp3) is 0.318. The number of nitrogens with zero attached hydrogens (tertiary/aromatic N) is 1. The van der Waals surface area contributed by atoms with E-state index in [0.717, 1.165) is 36.0 Å². The van der Waals surface area contributed by atoms with E-state index in [2.05, 4.69) is 18.2 Å². The number of non-ortho nitro benzene ring substituents is 1. The molecular formula is C22H19NO3. The van der Waals surface area contributed by atoms with Gasteiger partial charge < -0.3 is 0 Å². The van der Waals surface area contributed by atoms with Crippen LogP contribution in [-0.2, 0) is 6.42 Å². The standard InChI is InChI=1S/C22H19NO3/c24-21-19-4-2-1-3-14(19)11-12-22(21)17-8-5-16(13-17)20(22)15-6-9-18(10-7-15)23(25)26/h1-10,16-17,20H,11-13H2/t16-,17+,20-,22-/m0/s1. The lowest BCUT2D eigenvalue weighted by Gasteiger charge is -2.44. The Kier molecular flexibility index (Phi) is 3.20. The monoisotopic (exact) mass is 345 g/mol. The van der Waals surface area contributed by atoms with Crippen LogP contribution in [0.4, 0.5) is 5.69 Å². The molecular weight excluding hydrogens is 326 g/mol. The molecule has 26 heavy (non-hydrogen) atoms. The number of ketones is 1. The Morgan fingerprint density at radius 2 is 1.81 bits per heavy atom. The van der Waals surface area contributed by atoms with Gasteiger partial charge in [-0.05, 0) is 42.2 Å². The number of allylic oxidation sites excluding steroid dienone is 2. The number of rotatable bonds is 2. The molecule has 4 nitrogen and oxygen atoms in total. The van der Waals surface area contributed by atoms with Crippen molar-refractivity contribution in [3.05, 3.63) is 87.5 Å². The van der Waals surface area contributed by atoms with Crippen molar-refractivity contribution in [1.82, 2.24) is 0 Å². The van der Waals surface area contributed by atoms with Gasteiger partial charge in [-0.25, -0.2) is 0 Å². The summed E-state index contributed by atoms with van der Waals surface area (Å²) in [5, 5.41) is 11.0. The lowest BCUT2D eigenvalue weighted by molar-refractivity contribution is -0.384. The smallest absolute Gasteiger partial charge is 0.269 e. The Balaban J connectivity index is 1.62. The molecule has 1 spiro atoms. The van der Waals surface area contributed by atoms with Crippen LogP contribution in [0.2, 0.25) is 0 Å². The second kappa shape index (κ2) is 5.37. The predicted octanol–water partition coefficient (Wildman–Crippen LogP) is 4.70. The highest BCUT2D eigenvalue weighted by Crippen LogP contribution is 2.64. The Morgan fingerprint density at radius 3 is 2.58 bits per heavy atom. The van der Waals surface area contributed by atoms with E-state index in [0.29, 0.717) is 5.92 Å². The number of fused-ring (bicyclic) bond motifs is 4. The van der Waals surface area contributed by atoms with Gasteiger partial charge in [0.1, 0.15) is 0 Å². The van der Waals surface area contributed by atoms with E-state index in [4.69, 9.17) is 0 Å². The normalized spacial score (nSPS) is 31.4. The van der Waals surface area contributed by atoms with E-state index in [-0.39, 0.29) is 28.2 Å². The number of carbonyl (C=O) groups excluding carboxylic acids is 1. The molecule has 2 aromatic carbocycles. The zero-order valence-corrected chi connectivity index (χ0v) is 14.3. The van der Waals surface area contributed by atoms with E-state index in [9.17, 15) is 14.9 Å². The molecule has 4 heteroatoms. The van der Waals surface area contributed by atoms with Gasteiger partial charge >= 0.3 is 0 Å². The van der Waals surface area contributed by atoms with Crippen LogP contribution in [0, 0.1) is 27.4 Å². The third kappa shape index (κ3) is 1.93. The maximum absolute atomic E-state index is 13.6. The third-order valence-corrected chi connectivity index (χ3v) is 6.72. The van der Waals surface area contributed by atoms with E-state index in [1.165, 1.54) is 0 Å². The minimum atomic E-state index is -0.399. The zero-order valence-electron chi connectivity index (χ0n) is 14.3. The van der Waals surface area contributed by atoms with Crippen molar-refractivity contribution in [2.24, 2.45) is 17.3 Å². The summed E-state index contributed by atoms with van der Waals surface area (Å²) in [6, 6.07) is 14.8. The minimum Gasteiger partial charge on any atom is -0.293 e. The molecule has 0 radical (unpaired) electrons. The van der Waals surface area contributed by atoms with Crippen molar-refractivity contribution in [3.63, 3.8) is 0 Å².